The standard InChI is InChI=1S/C20H26N2O6S/c1-12-6-7-16(10-17(12)29(26,27)21-2)22-18(23)11-28-20(25)15-8-13-4-3-5-14(9-15)19(13)24/h6-7,10,13-15,21H,3-5,8-9,11H2,1-2H3,(H,22,23)/t13-,14+,15?. The van der Waals surface area contributed by atoms with Crippen molar-refractivity contribution in [2.75, 3.05) is 19.0 Å². The summed E-state index contributed by atoms with van der Waals surface area (Å²) in [6, 6.07) is 4.52. The molecular formula is C20H26N2O6S. The number of carbonyl (C=O) groups excluding carboxylic acids is 3. The van der Waals surface area contributed by atoms with Crippen molar-refractivity contribution in [2.24, 2.45) is 17.8 Å². The Hall–Kier alpha value is -2.26. The maximum Gasteiger partial charge on any atom is 0.309 e. The van der Waals surface area contributed by atoms with Crippen LogP contribution in [0.3, 0.4) is 0 Å². The number of carbonyl (C=O) groups is 3. The van der Waals surface area contributed by atoms with Gasteiger partial charge in [0.2, 0.25) is 10.0 Å². The number of aryl methyl sites for hydroxylation is 1. The summed E-state index contributed by atoms with van der Waals surface area (Å²) in [5.74, 6) is -1.20. The zero-order valence-corrected chi connectivity index (χ0v) is 17.4. The van der Waals surface area contributed by atoms with E-state index in [0.29, 0.717) is 24.1 Å². The number of esters is 1. The van der Waals surface area contributed by atoms with E-state index in [0.717, 1.165) is 19.3 Å². The van der Waals surface area contributed by atoms with E-state index >= 15 is 0 Å². The molecule has 2 fully saturated rings. The van der Waals surface area contributed by atoms with Gasteiger partial charge < -0.3 is 10.1 Å². The van der Waals surface area contributed by atoms with E-state index in [1.807, 2.05) is 0 Å². The Labute approximate surface area is 170 Å². The minimum atomic E-state index is -3.65. The third kappa shape index (κ3) is 4.84. The van der Waals surface area contributed by atoms with E-state index in [1.165, 1.54) is 13.1 Å². The summed E-state index contributed by atoms with van der Waals surface area (Å²) in [6.07, 6.45) is 3.67. The van der Waals surface area contributed by atoms with E-state index in [2.05, 4.69) is 10.0 Å². The van der Waals surface area contributed by atoms with E-state index in [4.69, 9.17) is 4.74 Å². The molecule has 0 saturated heterocycles. The zero-order valence-electron chi connectivity index (χ0n) is 16.6. The molecular weight excluding hydrogens is 396 g/mol. The summed E-state index contributed by atoms with van der Waals surface area (Å²) < 4.78 is 31.5. The maximum absolute atomic E-state index is 12.4. The highest BCUT2D eigenvalue weighted by molar-refractivity contribution is 7.89. The average molecular weight is 423 g/mol. The quantitative estimate of drug-likeness (QED) is 0.675. The summed E-state index contributed by atoms with van der Waals surface area (Å²) in [5, 5.41) is 2.55. The summed E-state index contributed by atoms with van der Waals surface area (Å²) in [7, 11) is -2.34. The first kappa shape index (κ1) is 21.4. The van der Waals surface area contributed by atoms with Crippen LogP contribution in [0.15, 0.2) is 23.1 Å². The zero-order chi connectivity index (χ0) is 21.2. The Balaban J connectivity index is 1.56. The first-order valence-corrected chi connectivity index (χ1v) is 11.2. The van der Waals surface area contributed by atoms with Crippen molar-refractivity contribution in [3.63, 3.8) is 0 Å². The van der Waals surface area contributed by atoms with Crippen LogP contribution in [-0.2, 0) is 29.1 Å². The summed E-state index contributed by atoms with van der Waals surface area (Å²) in [6.45, 7) is 1.20. The topological polar surface area (TPSA) is 119 Å². The van der Waals surface area contributed by atoms with Crippen LogP contribution in [0.2, 0.25) is 0 Å². The third-order valence-corrected chi connectivity index (χ3v) is 7.31. The van der Waals surface area contributed by atoms with Crippen LogP contribution < -0.4 is 10.0 Å². The van der Waals surface area contributed by atoms with E-state index in [9.17, 15) is 22.8 Å². The number of rotatable bonds is 6. The fourth-order valence-electron chi connectivity index (χ4n) is 4.20. The molecule has 1 unspecified atom stereocenters. The highest BCUT2D eigenvalue weighted by Gasteiger charge is 2.41. The summed E-state index contributed by atoms with van der Waals surface area (Å²) >= 11 is 0. The van der Waals surface area contributed by atoms with Crippen LogP contribution in [0, 0.1) is 24.7 Å². The predicted molar refractivity (Wildman–Crippen MR) is 106 cm³/mol. The van der Waals surface area contributed by atoms with Gasteiger partial charge in [-0.05, 0) is 57.4 Å². The van der Waals surface area contributed by atoms with Crippen LogP contribution in [0.5, 0.6) is 0 Å². The molecule has 0 heterocycles. The van der Waals surface area contributed by atoms with Crippen molar-refractivity contribution in [1.29, 1.82) is 0 Å². The highest BCUT2D eigenvalue weighted by atomic mass is 32.2. The largest absolute Gasteiger partial charge is 0.455 e. The number of nitrogens with one attached hydrogen (secondary N) is 2. The maximum atomic E-state index is 12.4. The van der Waals surface area contributed by atoms with E-state index in [-0.39, 0.29) is 28.4 Å². The summed E-state index contributed by atoms with van der Waals surface area (Å²) in [4.78, 5) is 36.7. The number of amides is 1. The van der Waals surface area contributed by atoms with Crippen LogP contribution >= 0.6 is 0 Å². The lowest BCUT2D eigenvalue weighted by atomic mass is 9.67. The normalized spacial score (nSPS) is 24.1. The first-order chi connectivity index (χ1) is 13.7. The predicted octanol–water partition coefficient (Wildman–Crippen LogP) is 1.78. The first-order valence-electron chi connectivity index (χ1n) is 9.75. The minimum Gasteiger partial charge on any atom is -0.455 e. The van der Waals surface area contributed by atoms with Gasteiger partial charge in [-0.1, -0.05) is 12.5 Å². The van der Waals surface area contributed by atoms with E-state index in [1.54, 1.807) is 19.1 Å². The lowest BCUT2D eigenvalue weighted by Gasteiger charge is -2.36. The van der Waals surface area contributed by atoms with Crippen molar-refractivity contribution in [2.45, 2.75) is 43.9 Å². The molecule has 8 nitrogen and oxygen atoms in total. The van der Waals surface area contributed by atoms with Gasteiger partial charge in [-0.15, -0.1) is 0 Å². The molecule has 2 aliphatic rings. The third-order valence-electron chi connectivity index (χ3n) is 5.76. The number of ketones is 1. The lowest BCUT2D eigenvalue weighted by molar-refractivity contribution is -0.155. The van der Waals surface area contributed by atoms with Crippen molar-refractivity contribution in [3.05, 3.63) is 23.8 Å². The van der Waals surface area contributed by atoms with Gasteiger partial charge in [-0.3, -0.25) is 14.4 Å². The molecule has 1 amide bonds. The number of benzene rings is 1. The Morgan fingerprint density at radius 2 is 1.83 bits per heavy atom. The molecule has 29 heavy (non-hydrogen) atoms. The molecule has 0 radical (unpaired) electrons. The van der Waals surface area contributed by atoms with Crippen molar-refractivity contribution in [1.82, 2.24) is 4.72 Å². The second-order valence-corrected chi connectivity index (χ2v) is 9.59. The van der Waals surface area contributed by atoms with Crippen LogP contribution in [0.1, 0.15) is 37.7 Å². The molecule has 9 heteroatoms. The second kappa shape index (κ2) is 8.62. The average Bonchev–Trinajstić information content (AvgIpc) is 2.67. The van der Waals surface area contributed by atoms with Gasteiger partial charge in [0.05, 0.1) is 10.8 Å². The lowest BCUT2D eigenvalue weighted by Crippen LogP contribution is -2.40. The van der Waals surface area contributed by atoms with Crippen molar-refractivity contribution >= 4 is 33.4 Å². The smallest absolute Gasteiger partial charge is 0.309 e. The number of fused-ring (bicyclic) bond motifs is 2. The Morgan fingerprint density at radius 3 is 2.45 bits per heavy atom. The molecule has 2 saturated carbocycles. The number of ether oxygens (including phenoxy) is 1. The van der Waals surface area contributed by atoms with Gasteiger partial charge in [0, 0.05) is 17.5 Å². The summed E-state index contributed by atoms with van der Waals surface area (Å²) in [5.41, 5.74) is 0.837. The Bertz CT molecular complexity index is 911. The number of sulfonamides is 1. The molecule has 3 rings (SSSR count). The van der Waals surface area contributed by atoms with Gasteiger partial charge in [0.25, 0.3) is 5.91 Å². The SMILES string of the molecule is CNS(=O)(=O)c1cc(NC(=O)COC(=O)C2C[C@H]3CCC[C@@H](C2)C3=O)ccc1C. The fourth-order valence-corrected chi connectivity index (χ4v) is 5.19. The fraction of sp³-hybridized carbons (Fsp3) is 0.550. The molecule has 3 atom stereocenters. The molecule has 1 aromatic rings. The number of Topliss-reactive ketones (excluding diaryl/α,β-unsaturated/α-hetero) is 1. The number of hydrogen-bond donors (Lipinski definition) is 2. The number of anilines is 1. The molecule has 0 spiro atoms. The molecule has 1 aromatic carbocycles. The van der Waals surface area contributed by atoms with Gasteiger partial charge in [0.1, 0.15) is 5.78 Å². The van der Waals surface area contributed by atoms with Gasteiger partial charge >= 0.3 is 5.97 Å². The minimum absolute atomic E-state index is 0.0611. The molecule has 2 N–H and O–H groups in total. The molecule has 2 aliphatic carbocycles. The van der Waals surface area contributed by atoms with Crippen LogP contribution in [-0.4, -0.2) is 39.7 Å². The van der Waals surface area contributed by atoms with Crippen molar-refractivity contribution < 1.29 is 27.5 Å². The van der Waals surface area contributed by atoms with Crippen molar-refractivity contribution in [3.8, 4) is 0 Å². The molecule has 158 valence electrons. The number of hydrogen-bond acceptors (Lipinski definition) is 6. The molecule has 2 bridgehead atoms. The Morgan fingerprint density at radius 1 is 1.17 bits per heavy atom. The Kier molecular flexibility index (Phi) is 6.38. The van der Waals surface area contributed by atoms with Gasteiger partial charge in [-0.25, -0.2) is 13.1 Å². The van der Waals surface area contributed by atoms with Crippen LogP contribution in [0.25, 0.3) is 0 Å². The second-order valence-electron chi connectivity index (χ2n) is 7.74. The monoisotopic (exact) mass is 422 g/mol. The van der Waals surface area contributed by atoms with Crippen LogP contribution in [0.4, 0.5) is 5.69 Å². The van der Waals surface area contributed by atoms with E-state index < -0.39 is 28.5 Å². The molecule has 0 aromatic heterocycles. The van der Waals surface area contributed by atoms with Gasteiger partial charge in [0.15, 0.2) is 6.61 Å². The highest BCUT2D eigenvalue weighted by Crippen LogP contribution is 2.40. The van der Waals surface area contributed by atoms with Gasteiger partial charge in [-0.2, -0.15) is 0 Å². The molecule has 0 aliphatic heterocycles.